The zero-order valence-electron chi connectivity index (χ0n) is 35.2. The van der Waals surface area contributed by atoms with Gasteiger partial charge in [0.25, 0.3) is 5.91 Å². The number of ether oxygens (including phenoxy) is 1. The van der Waals surface area contributed by atoms with Gasteiger partial charge in [-0.15, -0.1) is 0 Å². The summed E-state index contributed by atoms with van der Waals surface area (Å²) in [4.78, 5) is 43.8. The van der Waals surface area contributed by atoms with Crippen LogP contribution in [0, 0.1) is 68.0 Å². The van der Waals surface area contributed by atoms with Crippen LogP contribution < -0.4 is 10.6 Å². The third-order valence-electron chi connectivity index (χ3n) is 17.3. The molecular weight excluding hydrogens is 713 g/mol. The van der Waals surface area contributed by atoms with E-state index in [1.54, 1.807) is 24.3 Å². The van der Waals surface area contributed by atoms with E-state index in [0.29, 0.717) is 47.5 Å². The number of aromatic nitrogens is 1. The monoisotopic (exact) mass is 776 g/mol. The van der Waals surface area contributed by atoms with Crippen LogP contribution in [-0.4, -0.2) is 47.6 Å². The van der Waals surface area contributed by atoms with Gasteiger partial charge >= 0.3 is 5.97 Å². The van der Waals surface area contributed by atoms with Crippen molar-refractivity contribution in [2.75, 3.05) is 13.7 Å². The maximum absolute atomic E-state index is 14.8. The number of nitrogens with zero attached hydrogens (tertiary/aromatic N) is 2. The highest BCUT2D eigenvalue weighted by Gasteiger charge is 2.71. The van der Waals surface area contributed by atoms with E-state index < -0.39 is 11.4 Å². The molecule has 5 aliphatic rings. The van der Waals surface area contributed by atoms with Gasteiger partial charge in [-0.25, -0.2) is 4.79 Å². The van der Waals surface area contributed by atoms with Crippen molar-refractivity contribution in [3.63, 3.8) is 0 Å². The van der Waals surface area contributed by atoms with Gasteiger partial charge in [-0.05, 0) is 159 Å². The number of hydrogen-bond donors (Lipinski definition) is 3. The van der Waals surface area contributed by atoms with Crippen LogP contribution >= 0.6 is 0 Å². The molecule has 5 fully saturated rings. The Bertz CT molecular complexity index is 1950. The van der Waals surface area contributed by atoms with Crippen LogP contribution in [0.4, 0.5) is 0 Å². The van der Waals surface area contributed by atoms with Gasteiger partial charge in [0.15, 0.2) is 0 Å². The average Bonchev–Trinajstić information content (AvgIpc) is 3.60. The molecule has 0 saturated heterocycles. The van der Waals surface area contributed by atoms with Crippen molar-refractivity contribution in [1.29, 1.82) is 5.26 Å². The van der Waals surface area contributed by atoms with Gasteiger partial charge < -0.3 is 20.5 Å². The van der Waals surface area contributed by atoms with Crippen molar-refractivity contribution in [2.45, 2.75) is 125 Å². The summed E-state index contributed by atoms with van der Waals surface area (Å²) in [6.07, 6.45) is 13.8. The minimum absolute atomic E-state index is 0.0810. The van der Waals surface area contributed by atoms with Crippen LogP contribution in [0.1, 0.15) is 138 Å². The number of aliphatic hydroxyl groups is 1. The second-order valence-electron chi connectivity index (χ2n) is 19.8. The fourth-order valence-corrected chi connectivity index (χ4v) is 14.1. The van der Waals surface area contributed by atoms with Crippen molar-refractivity contribution in [1.82, 2.24) is 15.6 Å². The summed E-state index contributed by atoms with van der Waals surface area (Å²) >= 11 is 0. The average molecular weight is 777 g/mol. The molecule has 1 heterocycles. The lowest BCUT2D eigenvalue weighted by atomic mass is 9.32. The molecule has 57 heavy (non-hydrogen) atoms. The number of amides is 2. The lowest BCUT2D eigenvalue weighted by molar-refractivity contribution is -0.246. The van der Waals surface area contributed by atoms with E-state index in [4.69, 9.17) is 4.74 Å². The van der Waals surface area contributed by atoms with Crippen molar-refractivity contribution in [3.05, 3.63) is 76.6 Å². The van der Waals surface area contributed by atoms with Crippen molar-refractivity contribution in [2.24, 2.45) is 56.7 Å². The Labute approximate surface area is 339 Å². The number of esters is 1. The number of nitriles is 1. The highest BCUT2D eigenvalue weighted by atomic mass is 16.5. The molecule has 10 atom stereocenters. The van der Waals surface area contributed by atoms with E-state index in [1.165, 1.54) is 26.1 Å². The second-order valence-corrected chi connectivity index (χ2v) is 19.8. The van der Waals surface area contributed by atoms with Crippen molar-refractivity contribution >= 4 is 17.8 Å². The van der Waals surface area contributed by atoms with E-state index in [2.05, 4.69) is 63.2 Å². The Morgan fingerprint density at radius 1 is 0.912 bits per heavy atom. The summed E-state index contributed by atoms with van der Waals surface area (Å²) in [6.45, 7) is 15.2. The predicted molar refractivity (Wildman–Crippen MR) is 219 cm³/mol. The van der Waals surface area contributed by atoms with E-state index in [9.17, 15) is 24.8 Å². The lowest BCUT2D eigenvalue weighted by Crippen LogP contribution is -2.67. The predicted octanol–water partition coefficient (Wildman–Crippen LogP) is 8.37. The maximum atomic E-state index is 14.8. The Balaban J connectivity index is 1.06. The number of nitrogens with one attached hydrogen (secondary N) is 2. The van der Waals surface area contributed by atoms with Crippen molar-refractivity contribution in [3.8, 4) is 6.07 Å². The van der Waals surface area contributed by atoms with Gasteiger partial charge in [-0.1, -0.05) is 52.3 Å². The molecule has 9 nitrogen and oxygen atoms in total. The highest BCUT2D eigenvalue weighted by molar-refractivity contribution is 5.94. The third kappa shape index (κ3) is 6.72. The van der Waals surface area contributed by atoms with E-state index in [0.717, 1.165) is 62.5 Å². The summed E-state index contributed by atoms with van der Waals surface area (Å²) in [5.74, 6) is 1.37. The van der Waals surface area contributed by atoms with Gasteiger partial charge in [-0.3, -0.25) is 14.6 Å². The van der Waals surface area contributed by atoms with Crippen LogP contribution in [0.25, 0.3) is 0 Å². The largest absolute Gasteiger partial charge is 0.465 e. The number of allylic oxidation sites excluding steroid dienone is 2. The van der Waals surface area contributed by atoms with Gasteiger partial charge in [-0.2, -0.15) is 5.26 Å². The molecule has 1 aromatic carbocycles. The third-order valence-corrected chi connectivity index (χ3v) is 17.3. The maximum Gasteiger partial charge on any atom is 0.339 e. The topological polar surface area (TPSA) is 141 Å². The molecule has 306 valence electrons. The Kier molecular flexibility index (Phi) is 11.0. The van der Waals surface area contributed by atoms with E-state index >= 15 is 0 Å². The Morgan fingerprint density at radius 3 is 2.42 bits per heavy atom. The highest BCUT2D eigenvalue weighted by Crippen LogP contribution is 2.77. The molecule has 5 saturated carbocycles. The number of aliphatic hydroxyl groups excluding tert-OH is 1. The zero-order chi connectivity index (χ0) is 41.0. The van der Waals surface area contributed by atoms with Crippen LogP contribution in [-0.2, 0) is 22.5 Å². The molecule has 7 rings (SSSR count). The fourth-order valence-electron chi connectivity index (χ4n) is 14.1. The quantitative estimate of drug-likeness (QED) is 0.172. The first-order valence-electron chi connectivity index (χ1n) is 21.5. The molecule has 2 amide bonds. The summed E-state index contributed by atoms with van der Waals surface area (Å²) in [6, 6.07) is 13.2. The van der Waals surface area contributed by atoms with Crippen LogP contribution in [0.2, 0.25) is 0 Å². The lowest BCUT2D eigenvalue weighted by Gasteiger charge is -2.72. The summed E-state index contributed by atoms with van der Waals surface area (Å²) < 4.78 is 4.73. The smallest absolute Gasteiger partial charge is 0.339 e. The molecule has 9 unspecified atom stereocenters. The van der Waals surface area contributed by atoms with Gasteiger partial charge in [0.1, 0.15) is 0 Å². The molecule has 1 aromatic heterocycles. The normalized spacial score (nSPS) is 36.6. The van der Waals surface area contributed by atoms with Gasteiger partial charge in [0, 0.05) is 24.4 Å². The van der Waals surface area contributed by atoms with E-state index in [1.807, 2.05) is 18.2 Å². The molecule has 0 radical (unpaired) electrons. The first-order chi connectivity index (χ1) is 27.1. The van der Waals surface area contributed by atoms with Gasteiger partial charge in [0.05, 0.1) is 42.5 Å². The first-order valence-corrected chi connectivity index (χ1v) is 21.5. The Morgan fingerprint density at radius 2 is 1.70 bits per heavy atom. The standard InChI is InChI=1S/C48H64N4O5/c1-30(18-25-49)35-15-22-48(43(56)50-26-19-31-9-8-10-32(27-31)41(54)52-29-34-12-11-33(28-51-34)42(55)57-7)24-23-46(5)36(40(35)48)13-14-38-45(4)20-17-39(53)44(2,3)37(45)16-21-47(38,46)6/h8-12,18,27-28,35-40,53H,13-17,19-24,26,29H2,1-7H3,(H,50,56)(H,52,54)/b30-18+/t35?,36?,37?,38?,39?,40?,45?,46-,47?,48?/m1/s1. The fraction of sp³-hybridized carbons (Fsp3) is 0.646. The molecule has 0 bridgehead atoms. The number of rotatable bonds is 9. The minimum Gasteiger partial charge on any atom is -0.465 e. The second kappa shape index (κ2) is 15.3. The van der Waals surface area contributed by atoms with Crippen LogP contribution in [0.5, 0.6) is 0 Å². The molecule has 0 spiro atoms. The summed E-state index contributed by atoms with van der Waals surface area (Å²) in [7, 11) is 1.32. The number of carbonyl (C=O) groups is 3. The number of fused-ring (bicyclic) bond motifs is 7. The summed E-state index contributed by atoms with van der Waals surface area (Å²) in [5, 5.41) is 27.2. The van der Waals surface area contributed by atoms with E-state index in [-0.39, 0.29) is 58.0 Å². The SMILES string of the molecule is COC(=O)c1ccc(CNC(=O)c2cccc(CCNC(=O)C34CCC(/C(C)=C/C#N)C3C3CCC5C6(C)CCC(O)C(C)(C)C6CCC5(C)[C@]3(C)CC4)c2)nc1. The minimum atomic E-state index is -0.467. The number of methoxy groups -OCH3 is 1. The zero-order valence-corrected chi connectivity index (χ0v) is 35.2. The molecular formula is C48H64N4O5. The number of benzene rings is 1. The summed E-state index contributed by atoms with van der Waals surface area (Å²) in [5.41, 5.74) is 3.47. The molecule has 3 N–H and O–H groups in total. The number of pyridine rings is 1. The number of carbonyl (C=O) groups excluding carboxylic acids is 3. The van der Waals surface area contributed by atoms with Crippen molar-refractivity contribution < 1.29 is 24.2 Å². The molecule has 2 aromatic rings. The first kappa shape index (κ1) is 41.1. The molecule has 0 aliphatic heterocycles. The molecule has 9 heteroatoms. The molecule has 5 aliphatic carbocycles. The van der Waals surface area contributed by atoms with Gasteiger partial charge in [0.2, 0.25) is 5.91 Å². The van der Waals surface area contributed by atoms with Crippen LogP contribution in [0.3, 0.4) is 0 Å². The number of hydrogen-bond acceptors (Lipinski definition) is 7. The van der Waals surface area contributed by atoms with Crippen LogP contribution in [0.15, 0.2) is 54.2 Å². The Hall–Kier alpha value is -4.03.